The van der Waals surface area contributed by atoms with Crippen LogP contribution in [0.3, 0.4) is 0 Å². The Morgan fingerprint density at radius 1 is 1.15 bits per heavy atom. The maximum absolute atomic E-state index is 12.9. The molecule has 178 valence electrons. The van der Waals surface area contributed by atoms with Crippen LogP contribution in [0.1, 0.15) is 11.6 Å². The molecule has 0 aliphatic carbocycles. The lowest BCUT2D eigenvalue weighted by atomic mass is 10.0. The molecular formula is C18H21N5O9S. The number of methoxy groups -OCH3 is 1. The first-order chi connectivity index (χ1) is 15.5. The Morgan fingerprint density at radius 2 is 1.79 bits per heavy atom. The van der Waals surface area contributed by atoms with Crippen LogP contribution in [0.5, 0.6) is 0 Å². The number of β-lactam (4-membered cyclic amide) rings is 1. The van der Waals surface area contributed by atoms with E-state index in [2.05, 4.69) is 15.4 Å². The molecule has 2 fully saturated rings. The highest BCUT2D eigenvalue weighted by atomic mass is 32.2. The van der Waals surface area contributed by atoms with Gasteiger partial charge in [0.2, 0.25) is 5.91 Å². The van der Waals surface area contributed by atoms with E-state index in [0.29, 0.717) is 4.90 Å². The molecule has 6 amide bonds. The van der Waals surface area contributed by atoms with E-state index in [9.17, 15) is 32.4 Å². The van der Waals surface area contributed by atoms with Gasteiger partial charge in [0.25, 0.3) is 5.91 Å². The van der Waals surface area contributed by atoms with Gasteiger partial charge in [-0.15, -0.1) is 0 Å². The standard InChI is InChI=1S/C18H21N5O9S/c1-21-9-12(16(26)32-2)23(18(21)28)17(27)20-13(10-6-4-3-5-7-10)14(24)19-11-8-22(15(11)25)33(29,30)31/h3-7,11-13H,8-9H2,1-2H3,(H,19,24)(H,20,27)(H,29,30,31). The molecular weight excluding hydrogens is 462 g/mol. The summed E-state index contributed by atoms with van der Waals surface area (Å²) < 4.78 is 35.9. The number of ether oxygens (including phenoxy) is 1. The average molecular weight is 483 g/mol. The number of rotatable bonds is 6. The molecule has 2 aliphatic heterocycles. The van der Waals surface area contributed by atoms with Gasteiger partial charge >= 0.3 is 28.3 Å². The van der Waals surface area contributed by atoms with Crippen LogP contribution in [0.2, 0.25) is 0 Å². The molecule has 14 nitrogen and oxygen atoms in total. The number of amides is 6. The molecule has 3 rings (SSSR count). The lowest BCUT2D eigenvalue weighted by molar-refractivity contribution is -0.144. The second-order valence-electron chi connectivity index (χ2n) is 7.27. The highest BCUT2D eigenvalue weighted by Gasteiger charge is 2.47. The second kappa shape index (κ2) is 9.03. The number of imide groups is 1. The maximum Gasteiger partial charge on any atom is 0.362 e. The number of benzene rings is 1. The molecule has 0 aromatic heterocycles. The fourth-order valence-corrected chi connectivity index (χ4v) is 4.08. The van der Waals surface area contributed by atoms with Gasteiger partial charge in [0.1, 0.15) is 12.1 Å². The van der Waals surface area contributed by atoms with Gasteiger partial charge in [0.15, 0.2) is 6.04 Å². The molecule has 1 aromatic carbocycles. The number of urea groups is 2. The first-order valence-electron chi connectivity index (χ1n) is 9.52. The number of hydrogen-bond donors (Lipinski definition) is 3. The Balaban J connectivity index is 1.80. The third-order valence-corrected chi connectivity index (χ3v) is 6.02. The van der Waals surface area contributed by atoms with Crippen LogP contribution in [-0.2, 0) is 29.4 Å². The molecule has 3 N–H and O–H groups in total. The number of nitrogens with one attached hydrogen (secondary N) is 2. The lowest BCUT2D eigenvalue weighted by Crippen LogP contribution is -2.66. The van der Waals surface area contributed by atoms with Crippen molar-refractivity contribution in [2.45, 2.75) is 18.1 Å². The van der Waals surface area contributed by atoms with Crippen LogP contribution in [0.25, 0.3) is 0 Å². The van der Waals surface area contributed by atoms with Gasteiger partial charge in [0.05, 0.1) is 20.2 Å². The zero-order chi connectivity index (χ0) is 24.5. The van der Waals surface area contributed by atoms with Crippen LogP contribution in [-0.4, -0.2) is 96.3 Å². The van der Waals surface area contributed by atoms with Gasteiger partial charge in [-0.25, -0.2) is 23.6 Å². The summed E-state index contributed by atoms with van der Waals surface area (Å²) in [6.07, 6.45) is 0. The molecule has 2 saturated heterocycles. The summed E-state index contributed by atoms with van der Waals surface area (Å²) in [6.45, 7) is -0.595. The fourth-order valence-electron chi connectivity index (χ4n) is 3.39. The minimum Gasteiger partial charge on any atom is -0.467 e. The third-order valence-electron chi connectivity index (χ3n) is 5.13. The first kappa shape index (κ1) is 23.9. The van der Waals surface area contributed by atoms with Crippen LogP contribution < -0.4 is 10.6 Å². The molecule has 15 heteroatoms. The van der Waals surface area contributed by atoms with Gasteiger partial charge in [0, 0.05) is 7.05 Å². The number of carbonyl (C=O) groups excluding carboxylic acids is 5. The minimum atomic E-state index is -4.74. The van der Waals surface area contributed by atoms with E-state index in [1.807, 2.05) is 0 Å². The quantitative estimate of drug-likeness (QED) is 0.246. The number of nitrogens with zero attached hydrogens (tertiary/aromatic N) is 3. The van der Waals surface area contributed by atoms with Crippen LogP contribution in [0.4, 0.5) is 9.59 Å². The molecule has 0 spiro atoms. The van der Waals surface area contributed by atoms with E-state index in [-0.39, 0.29) is 16.4 Å². The summed E-state index contributed by atoms with van der Waals surface area (Å²) in [5.41, 5.74) is 0.288. The normalized spacial score (nSPS) is 21.4. The van der Waals surface area contributed by atoms with Crippen LogP contribution in [0, 0.1) is 0 Å². The smallest absolute Gasteiger partial charge is 0.362 e. The molecule has 2 heterocycles. The van der Waals surface area contributed by atoms with E-state index < -0.39 is 64.8 Å². The SMILES string of the molecule is COC(=O)C1CN(C)C(=O)N1C(=O)NC(C(=O)NC1CN(S(=O)(=O)O)C1=O)c1ccccc1. The van der Waals surface area contributed by atoms with E-state index in [4.69, 9.17) is 4.55 Å². The molecule has 0 saturated carbocycles. The van der Waals surface area contributed by atoms with Crippen molar-refractivity contribution in [2.75, 3.05) is 27.2 Å². The van der Waals surface area contributed by atoms with E-state index in [1.54, 1.807) is 18.2 Å². The molecule has 3 unspecified atom stereocenters. The predicted octanol–water partition coefficient (Wildman–Crippen LogP) is -1.52. The van der Waals surface area contributed by atoms with E-state index >= 15 is 0 Å². The Labute approximate surface area is 188 Å². The molecule has 1 aromatic rings. The van der Waals surface area contributed by atoms with E-state index in [1.165, 1.54) is 19.2 Å². The Bertz CT molecular complexity index is 1090. The molecule has 3 atom stereocenters. The van der Waals surface area contributed by atoms with Gasteiger partial charge in [-0.3, -0.25) is 14.1 Å². The molecule has 2 aliphatic rings. The Morgan fingerprint density at radius 3 is 2.33 bits per heavy atom. The number of hydrogen-bond acceptors (Lipinski definition) is 8. The van der Waals surface area contributed by atoms with Crippen molar-refractivity contribution >= 4 is 40.2 Å². The summed E-state index contributed by atoms with van der Waals surface area (Å²) in [5.74, 6) is -2.75. The van der Waals surface area contributed by atoms with Crippen molar-refractivity contribution in [3.8, 4) is 0 Å². The summed E-state index contributed by atoms with van der Waals surface area (Å²) in [5, 5.41) is 4.67. The van der Waals surface area contributed by atoms with Gasteiger partial charge in [-0.05, 0) is 5.56 Å². The Kier molecular flexibility index (Phi) is 6.55. The van der Waals surface area contributed by atoms with Crippen LogP contribution in [0.15, 0.2) is 30.3 Å². The topological polar surface area (TPSA) is 183 Å². The zero-order valence-electron chi connectivity index (χ0n) is 17.5. The third kappa shape index (κ3) is 4.73. The average Bonchev–Trinajstić information content (AvgIpc) is 3.07. The van der Waals surface area contributed by atoms with Gasteiger partial charge < -0.3 is 20.3 Å². The zero-order valence-corrected chi connectivity index (χ0v) is 18.3. The van der Waals surface area contributed by atoms with Crippen molar-refractivity contribution in [3.63, 3.8) is 0 Å². The first-order valence-corrected chi connectivity index (χ1v) is 10.9. The minimum absolute atomic E-state index is 0.108. The highest BCUT2D eigenvalue weighted by molar-refractivity contribution is 7.84. The molecule has 0 bridgehead atoms. The summed E-state index contributed by atoms with van der Waals surface area (Å²) in [7, 11) is -2.26. The predicted molar refractivity (Wildman–Crippen MR) is 109 cm³/mol. The fraction of sp³-hybridized carbons (Fsp3) is 0.389. The molecule has 33 heavy (non-hydrogen) atoms. The summed E-state index contributed by atoms with van der Waals surface area (Å²) in [6, 6.07) is 2.13. The van der Waals surface area contributed by atoms with Gasteiger partial charge in [-0.2, -0.15) is 8.42 Å². The Hall–Kier alpha value is -3.72. The van der Waals surface area contributed by atoms with Crippen molar-refractivity contribution in [3.05, 3.63) is 35.9 Å². The van der Waals surface area contributed by atoms with Crippen LogP contribution >= 0.6 is 0 Å². The van der Waals surface area contributed by atoms with Crippen molar-refractivity contribution < 1.29 is 41.7 Å². The maximum atomic E-state index is 12.9. The lowest BCUT2D eigenvalue weighted by Gasteiger charge is -2.36. The summed E-state index contributed by atoms with van der Waals surface area (Å²) in [4.78, 5) is 64.0. The second-order valence-corrected chi connectivity index (χ2v) is 8.61. The van der Waals surface area contributed by atoms with Gasteiger partial charge in [-0.1, -0.05) is 30.3 Å². The highest BCUT2D eigenvalue weighted by Crippen LogP contribution is 2.20. The number of esters is 1. The summed E-state index contributed by atoms with van der Waals surface area (Å²) >= 11 is 0. The van der Waals surface area contributed by atoms with E-state index in [0.717, 1.165) is 12.0 Å². The van der Waals surface area contributed by atoms with Crippen molar-refractivity contribution in [2.24, 2.45) is 0 Å². The number of carbonyl (C=O) groups is 5. The molecule has 0 radical (unpaired) electrons. The monoisotopic (exact) mass is 483 g/mol. The number of likely N-dealkylation sites (N-methyl/N-ethyl adjacent to an activating group) is 1. The largest absolute Gasteiger partial charge is 0.467 e. The van der Waals surface area contributed by atoms with Crippen molar-refractivity contribution in [1.29, 1.82) is 0 Å². The van der Waals surface area contributed by atoms with Crippen molar-refractivity contribution in [1.82, 2.24) is 24.7 Å².